The van der Waals surface area contributed by atoms with Gasteiger partial charge < -0.3 is 10.6 Å². The predicted molar refractivity (Wildman–Crippen MR) is 110 cm³/mol. The molecule has 7 heteroatoms. The van der Waals surface area contributed by atoms with E-state index >= 15 is 0 Å². The molecule has 2 fully saturated rings. The number of amides is 4. The van der Waals surface area contributed by atoms with Gasteiger partial charge in [-0.1, -0.05) is 39.5 Å². The molecule has 4 amide bonds. The van der Waals surface area contributed by atoms with Crippen LogP contribution >= 0.6 is 0 Å². The Morgan fingerprint density at radius 3 is 2.28 bits per heavy atom. The number of hydrogen-bond acceptors (Lipinski definition) is 4. The second-order valence-electron chi connectivity index (χ2n) is 8.46. The van der Waals surface area contributed by atoms with Crippen LogP contribution in [0.5, 0.6) is 0 Å². The van der Waals surface area contributed by atoms with E-state index in [9.17, 15) is 19.2 Å². The summed E-state index contributed by atoms with van der Waals surface area (Å²) in [5.74, 6) is -0.404. The molecule has 0 bridgehead atoms. The molecule has 1 spiro atoms. The SMILES string of the molecule is CC(C)CC(=O)Nc1ccc(C(=O)CN2C(=O)NC3(CCCCCC3)C2=O)cc1. The number of anilines is 1. The van der Waals surface area contributed by atoms with Crippen molar-refractivity contribution >= 4 is 29.3 Å². The molecule has 1 aliphatic carbocycles. The minimum atomic E-state index is -0.835. The number of benzene rings is 1. The van der Waals surface area contributed by atoms with Gasteiger partial charge >= 0.3 is 6.03 Å². The molecule has 0 aromatic heterocycles. The number of imide groups is 1. The van der Waals surface area contributed by atoms with Gasteiger partial charge in [-0.15, -0.1) is 0 Å². The minimum absolute atomic E-state index is 0.0768. The molecule has 29 heavy (non-hydrogen) atoms. The molecule has 156 valence electrons. The molecule has 3 rings (SSSR count). The summed E-state index contributed by atoms with van der Waals surface area (Å²) in [7, 11) is 0. The first-order chi connectivity index (χ1) is 13.8. The Morgan fingerprint density at radius 2 is 1.69 bits per heavy atom. The summed E-state index contributed by atoms with van der Waals surface area (Å²) < 4.78 is 0. The quantitative estimate of drug-likeness (QED) is 0.565. The molecule has 1 aromatic carbocycles. The third-order valence-corrected chi connectivity index (χ3v) is 5.59. The first-order valence-corrected chi connectivity index (χ1v) is 10.4. The van der Waals surface area contributed by atoms with Gasteiger partial charge in [-0.3, -0.25) is 19.3 Å². The van der Waals surface area contributed by atoms with Crippen LogP contribution in [0.2, 0.25) is 0 Å². The van der Waals surface area contributed by atoms with Crippen LogP contribution in [0.25, 0.3) is 0 Å². The number of ketones is 1. The maximum Gasteiger partial charge on any atom is 0.325 e. The fraction of sp³-hybridized carbons (Fsp3) is 0.545. The summed E-state index contributed by atoms with van der Waals surface area (Å²) >= 11 is 0. The lowest BCUT2D eigenvalue weighted by atomic mass is 9.90. The van der Waals surface area contributed by atoms with Gasteiger partial charge in [0.2, 0.25) is 5.91 Å². The highest BCUT2D eigenvalue weighted by molar-refractivity contribution is 6.11. The second kappa shape index (κ2) is 8.76. The number of rotatable bonds is 6. The fourth-order valence-electron chi connectivity index (χ4n) is 4.05. The predicted octanol–water partition coefficient (Wildman–Crippen LogP) is 3.50. The topological polar surface area (TPSA) is 95.6 Å². The van der Waals surface area contributed by atoms with Crippen LogP contribution in [0.15, 0.2) is 24.3 Å². The van der Waals surface area contributed by atoms with Gasteiger partial charge in [-0.25, -0.2) is 4.79 Å². The number of hydrogen-bond donors (Lipinski definition) is 2. The summed E-state index contributed by atoms with van der Waals surface area (Å²) in [5, 5.41) is 5.64. The summed E-state index contributed by atoms with van der Waals surface area (Å²) in [6.45, 7) is 3.66. The second-order valence-corrected chi connectivity index (χ2v) is 8.46. The number of carbonyl (C=O) groups is 4. The van der Waals surface area contributed by atoms with Crippen LogP contribution < -0.4 is 10.6 Å². The van der Waals surface area contributed by atoms with Crippen LogP contribution in [0.3, 0.4) is 0 Å². The lowest BCUT2D eigenvalue weighted by Crippen LogP contribution is -2.46. The Bertz CT molecular complexity index is 793. The molecule has 0 unspecified atom stereocenters. The average molecular weight is 399 g/mol. The van der Waals surface area contributed by atoms with E-state index in [2.05, 4.69) is 10.6 Å². The third-order valence-electron chi connectivity index (χ3n) is 5.59. The molecular formula is C22H29N3O4. The summed E-state index contributed by atoms with van der Waals surface area (Å²) in [4.78, 5) is 50.9. The van der Waals surface area contributed by atoms with Gasteiger partial charge in [-0.05, 0) is 43.0 Å². The van der Waals surface area contributed by atoms with Crippen LogP contribution in [-0.4, -0.2) is 40.6 Å². The van der Waals surface area contributed by atoms with Crippen LogP contribution in [0, 0.1) is 5.92 Å². The van der Waals surface area contributed by atoms with Gasteiger partial charge in [0.1, 0.15) is 5.54 Å². The molecule has 1 saturated carbocycles. The zero-order valence-corrected chi connectivity index (χ0v) is 17.1. The molecule has 2 aliphatic rings. The van der Waals surface area contributed by atoms with E-state index in [0.29, 0.717) is 30.5 Å². The highest BCUT2D eigenvalue weighted by Gasteiger charge is 2.51. The molecule has 0 atom stereocenters. The molecule has 2 N–H and O–H groups in total. The van der Waals surface area contributed by atoms with Crippen molar-refractivity contribution in [3.05, 3.63) is 29.8 Å². The summed E-state index contributed by atoms with van der Waals surface area (Å²) in [5.41, 5.74) is 0.173. The van der Waals surface area contributed by atoms with E-state index in [0.717, 1.165) is 30.6 Å². The number of carbonyl (C=O) groups excluding carboxylic acids is 4. The normalized spacial score (nSPS) is 18.7. The lowest BCUT2D eigenvalue weighted by molar-refractivity contribution is -0.131. The molecule has 0 radical (unpaired) electrons. The van der Waals surface area contributed by atoms with Gasteiger partial charge in [0, 0.05) is 17.7 Å². The Morgan fingerprint density at radius 1 is 1.07 bits per heavy atom. The van der Waals surface area contributed by atoms with Gasteiger partial charge in [0.25, 0.3) is 5.91 Å². The summed E-state index contributed by atoms with van der Waals surface area (Å²) in [6.07, 6.45) is 5.61. The smallest absolute Gasteiger partial charge is 0.325 e. The van der Waals surface area contributed by atoms with E-state index in [4.69, 9.17) is 0 Å². The highest BCUT2D eigenvalue weighted by Crippen LogP contribution is 2.32. The third kappa shape index (κ3) is 4.83. The van der Waals surface area contributed by atoms with Crippen LogP contribution in [0.4, 0.5) is 10.5 Å². The Labute approximate surface area is 171 Å². The fourth-order valence-corrected chi connectivity index (χ4v) is 4.05. The first kappa shape index (κ1) is 21.0. The van der Waals surface area contributed by atoms with Crippen molar-refractivity contribution in [2.75, 3.05) is 11.9 Å². The van der Waals surface area contributed by atoms with Crippen molar-refractivity contribution in [3.63, 3.8) is 0 Å². The molecule has 1 saturated heterocycles. The Balaban J connectivity index is 1.63. The number of nitrogens with one attached hydrogen (secondary N) is 2. The molecule has 7 nitrogen and oxygen atoms in total. The van der Waals surface area contributed by atoms with Crippen molar-refractivity contribution in [1.29, 1.82) is 0 Å². The van der Waals surface area contributed by atoms with Crippen molar-refractivity contribution in [1.82, 2.24) is 10.2 Å². The first-order valence-electron chi connectivity index (χ1n) is 10.4. The molecular weight excluding hydrogens is 370 g/mol. The van der Waals surface area contributed by atoms with E-state index in [1.54, 1.807) is 24.3 Å². The molecule has 1 aliphatic heterocycles. The molecule has 1 aromatic rings. The van der Waals surface area contributed by atoms with E-state index in [1.165, 1.54) is 0 Å². The van der Waals surface area contributed by atoms with Crippen LogP contribution in [-0.2, 0) is 9.59 Å². The Kier molecular flexibility index (Phi) is 6.35. The summed E-state index contributed by atoms with van der Waals surface area (Å²) in [6, 6.07) is 6.04. The highest BCUT2D eigenvalue weighted by atomic mass is 16.2. The maximum absolute atomic E-state index is 12.9. The zero-order valence-electron chi connectivity index (χ0n) is 17.1. The van der Waals surface area contributed by atoms with Gasteiger partial charge in [-0.2, -0.15) is 0 Å². The average Bonchev–Trinajstić information content (AvgIpc) is 2.82. The Hall–Kier alpha value is -2.70. The zero-order chi connectivity index (χ0) is 21.0. The van der Waals surface area contributed by atoms with Crippen molar-refractivity contribution < 1.29 is 19.2 Å². The monoisotopic (exact) mass is 399 g/mol. The van der Waals surface area contributed by atoms with Crippen molar-refractivity contribution in [3.8, 4) is 0 Å². The minimum Gasteiger partial charge on any atom is -0.326 e. The van der Waals surface area contributed by atoms with Crippen molar-refractivity contribution in [2.45, 2.75) is 64.3 Å². The number of Topliss-reactive ketones (excluding diaryl/α,β-unsaturated/α-hetero) is 1. The number of nitrogens with zero attached hydrogens (tertiary/aromatic N) is 1. The van der Waals surface area contributed by atoms with E-state index in [-0.39, 0.29) is 30.1 Å². The van der Waals surface area contributed by atoms with Crippen molar-refractivity contribution in [2.24, 2.45) is 5.92 Å². The largest absolute Gasteiger partial charge is 0.326 e. The van der Waals surface area contributed by atoms with Crippen LogP contribution in [0.1, 0.15) is 69.2 Å². The number of urea groups is 1. The van der Waals surface area contributed by atoms with E-state index in [1.807, 2.05) is 13.8 Å². The van der Waals surface area contributed by atoms with Gasteiger partial charge in [0.15, 0.2) is 5.78 Å². The van der Waals surface area contributed by atoms with E-state index < -0.39 is 11.6 Å². The maximum atomic E-state index is 12.9. The lowest BCUT2D eigenvalue weighted by Gasteiger charge is -2.24. The molecule has 1 heterocycles. The van der Waals surface area contributed by atoms with Gasteiger partial charge in [0.05, 0.1) is 6.54 Å². The standard InChI is InChI=1S/C22H29N3O4/c1-15(2)13-19(27)23-17-9-7-16(8-10-17)18(26)14-25-20(28)22(24-21(25)29)11-5-3-4-6-12-22/h7-10,15H,3-6,11-14H2,1-2H3,(H,23,27)(H,24,29).